The number of phenols is 1. The lowest BCUT2D eigenvalue weighted by Crippen LogP contribution is -2.44. The number of aliphatic imine (C=N–C) groups is 1. The second kappa shape index (κ2) is 8.53. The highest BCUT2D eigenvalue weighted by molar-refractivity contribution is 9.10. The third kappa shape index (κ3) is 4.17. The molecule has 0 spiro atoms. The normalized spacial score (nSPS) is 23.0. The van der Waals surface area contributed by atoms with Crippen LogP contribution in [0.15, 0.2) is 32.9 Å². The summed E-state index contributed by atoms with van der Waals surface area (Å²) < 4.78 is 11.4. The van der Waals surface area contributed by atoms with E-state index in [4.69, 9.17) is 14.5 Å². The summed E-state index contributed by atoms with van der Waals surface area (Å²) in [6.45, 7) is 10.1. The first-order chi connectivity index (χ1) is 14.1. The van der Waals surface area contributed by atoms with Crippen LogP contribution in [0.5, 0.6) is 11.5 Å². The van der Waals surface area contributed by atoms with Crippen LogP contribution in [0, 0.1) is 11.3 Å². The fourth-order valence-electron chi connectivity index (χ4n) is 4.47. The van der Waals surface area contributed by atoms with Crippen molar-refractivity contribution in [1.82, 2.24) is 0 Å². The molecule has 1 unspecified atom stereocenters. The van der Waals surface area contributed by atoms with E-state index >= 15 is 0 Å². The molecule has 0 saturated heterocycles. The highest BCUT2D eigenvalue weighted by atomic mass is 79.9. The summed E-state index contributed by atoms with van der Waals surface area (Å²) in [5, 5.41) is 10.3. The molecule has 1 aliphatic heterocycles. The molecule has 1 saturated carbocycles. The first-order valence-corrected chi connectivity index (χ1v) is 11.0. The number of benzene rings is 1. The number of hydrogen-bond acceptors (Lipinski definition) is 6. The molecular formula is C23H28BrNO5. The summed E-state index contributed by atoms with van der Waals surface area (Å²) in [5.41, 5.74) is 2.28. The van der Waals surface area contributed by atoms with E-state index in [1.807, 2.05) is 6.92 Å². The minimum absolute atomic E-state index is 0.0141. The van der Waals surface area contributed by atoms with Crippen molar-refractivity contribution in [2.24, 2.45) is 16.3 Å². The zero-order chi connectivity index (χ0) is 22.2. The van der Waals surface area contributed by atoms with Gasteiger partial charge in [-0.2, -0.15) is 0 Å². The van der Waals surface area contributed by atoms with Crippen LogP contribution in [0.3, 0.4) is 0 Å². The van der Waals surface area contributed by atoms with Gasteiger partial charge in [0.2, 0.25) is 0 Å². The summed E-state index contributed by atoms with van der Waals surface area (Å²) in [6, 6.07) is 3.45. The lowest BCUT2D eigenvalue weighted by atomic mass is 9.63. The molecular weight excluding hydrogens is 450 g/mol. The lowest BCUT2D eigenvalue weighted by Gasteiger charge is -2.41. The number of ether oxygens (including phenoxy) is 2. The molecule has 3 rings (SSSR count). The summed E-state index contributed by atoms with van der Waals surface area (Å²) in [7, 11) is 0. The van der Waals surface area contributed by atoms with E-state index in [1.165, 1.54) is 0 Å². The molecule has 0 radical (unpaired) electrons. The van der Waals surface area contributed by atoms with Crippen LogP contribution in [0.1, 0.15) is 58.9 Å². The maximum atomic E-state index is 13.3. The Hall–Kier alpha value is -2.15. The standard InChI is InChI=1S/C23H28BrNO5/c1-6-29-17-9-13(8-14(24)21(17)27)19-18(22(28)30-7-2)12(3)25-15-10-23(4,5)11-16(26)20(15)19/h8-9,19-20,27H,6-7,10-11H2,1-5H3/t19-,20?/m1/s1. The number of carbonyl (C=O) groups excluding carboxylic acids is 2. The molecule has 1 fully saturated rings. The third-order valence-electron chi connectivity index (χ3n) is 5.57. The van der Waals surface area contributed by atoms with Gasteiger partial charge in [-0.1, -0.05) is 13.8 Å². The van der Waals surface area contributed by atoms with Crippen LogP contribution >= 0.6 is 15.9 Å². The number of ketones is 1. The molecule has 1 aromatic rings. The number of aromatic hydroxyl groups is 1. The van der Waals surface area contributed by atoms with E-state index < -0.39 is 17.8 Å². The number of rotatable bonds is 5. The molecule has 2 atom stereocenters. The topological polar surface area (TPSA) is 85.2 Å². The highest BCUT2D eigenvalue weighted by Crippen LogP contribution is 2.49. The van der Waals surface area contributed by atoms with E-state index in [0.717, 1.165) is 5.71 Å². The highest BCUT2D eigenvalue weighted by Gasteiger charge is 2.48. The Balaban J connectivity index is 2.22. The predicted octanol–water partition coefficient (Wildman–Crippen LogP) is 4.93. The molecule has 162 valence electrons. The molecule has 1 heterocycles. The van der Waals surface area contributed by atoms with Gasteiger partial charge in [0.25, 0.3) is 0 Å². The molecule has 0 bridgehead atoms. The van der Waals surface area contributed by atoms with Gasteiger partial charge in [-0.05, 0) is 66.2 Å². The summed E-state index contributed by atoms with van der Waals surface area (Å²) in [4.78, 5) is 30.9. The summed E-state index contributed by atoms with van der Waals surface area (Å²) >= 11 is 3.38. The zero-order valence-corrected chi connectivity index (χ0v) is 19.6. The van der Waals surface area contributed by atoms with Gasteiger partial charge in [-0.15, -0.1) is 0 Å². The molecule has 0 amide bonds. The van der Waals surface area contributed by atoms with E-state index in [9.17, 15) is 14.7 Å². The van der Waals surface area contributed by atoms with Gasteiger partial charge in [0.1, 0.15) is 5.78 Å². The Kier molecular flexibility index (Phi) is 6.41. The van der Waals surface area contributed by atoms with Crippen molar-refractivity contribution in [3.63, 3.8) is 0 Å². The number of phenolic OH excluding ortho intramolecular Hbond substituents is 1. The number of Topliss-reactive ketones (excluding diaryl/α,β-unsaturated/α-hetero) is 1. The molecule has 1 N–H and O–H groups in total. The van der Waals surface area contributed by atoms with Gasteiger partial charge >= 0.3 is 5.97 Å². The monoisotopic (exact) mass is 477 g/mol. The van der Waals surface area contributed by atoms with Crippen molar-refractivity contribution in [1.29, 1.82) is 0 Å². The Labute approximate surface area is 185 Å². The van der Waals surface area contributed by atoms with E-state index in [-0.39, 0.29) is 23.6 Å². The first kappa shape index (κ1) is 22.5. The average Bonchev–Trinajstić information content (AvgIpc) is 2.63. The van der Waals surface area contributed by atoms with Crippen LogP contribution in [0.25, 0.3) is 0 Å². The van der Waals surface area contributed by atoms with Gasteiger partial charge < -0.3 is 14.6 Å². The zero-order valence-electron chi connectivity index (χ0n) is 18.0. The van der Waals surface area contributed by atoms with E-state index in [1.54, 1.807) is 26.0 Å². The van der Waals surface area contributed by atoms with Crippen LogP contribution < -0.4 is 4.74 Å². The molecule has 6 nitrogen and oxygen atoms in total. The summed E-state index contributed by atoms with van der Waals surface area (Å²) in [6.07, 6.45) is 1.10. The molecule has 0 aromatic heterocycles. The number of hydrogen-bond donors (Lipinski definition) is 1. The minimum atomic E-state index is -0.545. The van der Waals surface area contributed by atoms with Crippen molar-refractivity contribution in [2.75, 3.05) is 13.2 Å². The van der Waals surface area contributed by atoms with Crippen molar-refractivity contribution in [2.45, 2.75) is 53.4 Å². The number of carbonyl (C=O) groups is 2. The second-order valence-electron chi connectivity index (χ2n) is 8.54. The van der Waals surface area contributed by atoms with Crippen molar-refractivity contribution in [3.8, 4) is 11.5 Å². The number of esters is 1. The second-order valence-corrected chi connectivity index (χ2v) is 9.40. The van der Waals surface area contributed by atoms with Gasteiger partial charge in [0.05, 0.1) is 29.2 Å². The van der Waals surface area contributed by atoms with Crippen molar-refractivity contribution < 1.29 is 24.2 Å². The smallest absolute Gasteiger partial charge is 0.336 e. The number of allylic oxidation sites excluding steroid dienone is 1. The predicted molar refractivity (Wildman–Crippen MR) is 118 cm³/mol. The van der Waals surface area contributed by atoms with E-state index in [2.05, 4.69) is 29.8 Å². The van der Waals surface area contributed by atoms with Crippen LogP contribution in [0.4, 0.5) is 0 Å². The van der Waals surface area contributed by atoms with Crippen LogP contribution in [-0.4, -0.2) is 35.8 Å². The minimum Gasteiger partial charge on any atom is -0.503 e. The molecule has 2 aliphatic rings. The average molecular weight is 478 g/mol. The Morgan fingerprint density at radius 2 is 1.93 bits per heavy atom. The van der Waals surface area contributed by atoms with E-state index in [0.29, 0.717) is 46.5 Å². The fraction of sp³-hybridized carbons (Fsp3) is 0.522. The SMILES string of the molecule is CCOC(=O)C1=C(C)N=C2CC(C)(C)CC(=O)C2[C@@H]1c1cc(Br)c(O)c(OCC)c1. The molecule has 1 aromatic carbocycles. The molecule has 7 heteroatoms. The van der Waals surface area contributed by atoms with Gasteiger partial charge in [0, 0.05) is 23.7 Å². The number of nitrogens with zero attached hydrogens (tertiary/aromatic N) is 1. The maximum absolute atomic E-state index is 13.3. The van der Waals surface area contributed by atoms with Gasteiger partial charge in [-0.25, -0.2) is 4.79 Å². The van der Waals surface area contributed by atoms with Crippen LogP contribution in [-0.2, 0) is 14.3 Å². The quantitative estimate of drug-likeness (QED) is 0.607. The Morgan fingerprint density at radius 1 is 1.23 bits per heavy atom. The third-order valence-corrected chi connectivity index (χ3v) is 6.17. The molecule has 30 heavy (non-hydrogen) atoms. The lowest BCUT2D eigenvalue weighted by molar-refractivity contribution is -0.139. The Morgan fingerprint density at radius 3 is 2.57 bits per heavy atom. The van der Waals surface area contributed by atoms with Crippen LogP contribution in [0.2, 0.25) is 0 Å². The number of fused-ring (bicyclic) bond motifs is 1. The molecule has 1 aliphatic carbocycles. The Bertz CT molecular complexity index is 947. The van der Waals surface area contributed by atoms with Gasteiger partial charge in [0.15, 0.2) is 11.5 Å². The first-order valence-electron chi connectivity index (χ1n) is 10.2. The largest absolute Gasteiger partial charge is 0.503 e. The van der Waals surface area contributed by atoms with Crippen molar-refractivity contribution >= 4 is 33.4 Å². The van der Waals surface area contributed by atoms with Gasteiger partial charge in [-0.3, -0.25) is 9.79 Å². The summed E-state index contributed by atoms with van der Waals surface area (Å²) in [5.74, 6) is -1.20. The maximum Gasteiger partial charge on any atom is 0.336 e. The number of halogens is 1. The van der Waals surface area contributed by atoms with Crippen molar-refractivity contribution in [3.05, 3.63) is 33.4 Å². The fourth-order valence-corrected chi connectivity index (χ4v) is 4.93.